The van der Waals surface area contributed by atoms with Gasteiger partial charge in [0, 0.05) is 29.1 Å². The number of carbonyl (C=O) groups is 1. The molecule has 1 atom stereocenters. The number of benzene rings is 1. The number of amides is 1. The van der Waals surface area contributed by atoms with Gasteiger partial charge in [-0.15, -0.1) is 0 Å². The second-order valence-corrected chi connectivity index (χ2v) is 6.81. The Kier molecular flexibility index (Phi) is 4.83. The van der Waals surface area contributed by atoms with E-state index in [1.165, 1.54) is 5.75 Å². The van der Waals surface area contributed by atoms with Crippen LogP contribution in [0.4, 0.5) is 0 Å². The van der Waals surface area contributed by atoms with Gasteiger partial charge in [-0.25, -0.2) is 0 Å². The Bertz CT molecular complexity index is 431. The highest BCUT2D eigenvalue weighted by Gasteiger charge is 2.17. The van der Waals surface area contributed by atoms with E-state index in [0.717, 1.165) is 17.1 Å². The van der Waals surface area contributed by atoms with Crippen molar-refractivity contribution >= 4 is 29.4 Å². The van der Waals surface area contributed by atoms with Gasteiger partial charge in [0.05, 0.1) is 5.56 Å². The maximum absolute atomic E-state index is 12.0. The quantitative estimate of drug-likeness (QED) is 0.893. The fraction of sp³-hybridized carbons (Fsp3) is 0.462. The Morgan fingerprint density at radius 2 is 2.33 bits per heavy atom. The molecule has 5 heteroatoms. The molecule has 2 rings (SSSR count). The highest BCUT2D eigenvalue weighted by Crippen LogP contribution is 2.24. The molecule has 18 heavy (non-hydrogen) atoms. The van der Waals surface area contributed by atoms with Crippen molar-refractivity contribution in [2.45, 2.75) is 12.2 Å². The molecule has 1 aliphatic rings. The number of aromatic hydroxyl groups is 1. The molecule has 0 saturated carbocycles. The molecule has 1 heterocycles. The van der Waals surface area contributed by atoms with Gasteiger partial charge in [-0.3, -0.25) is 4.79 Å². The van der Waals surface area contributed by atoms with E-state index in [0.29, 0.717) is 17.4 Å². The van der Waals surface area contributed by atoms with Gasteiger partial charge in [0.1, 0.15) is 5.75 Å². The van der Waals surface area contributed by atoms with Crippen LogP contribution in [0.1, 0.15) is 15.9 Å². The molecule has 0 aromatic heterocycles. The summed E-state index contributed by atoms with van der Waals surface area (Å²) >= 11 is 3.84. The number of nitrogens with one attached hydrogen (secondary N) is 1. The lowest BCUT2D eigenvalue weighted by Gasteiger charge is -2.21. The van der Waals surface area contributed by atoms with Crippen LogP contribution < -0.4 is 5.32 Å². The summed E-state index contributed by atoms with van der Waals surface area (Å²) in [6.07, 6.45) is 0. The Hall–Kier alpha value is -0.810. The Balaban J connectivity index is 1.93. The van der Waals surface area contributed by atoms with Crippen LogP contribution in [0, 0.1) is 6.92 Å². The van der Waals surface area contributed by atoms with E-state index in [2.05, 4.69) is 5.32 Å². The lowest BCUT2D eigenvalue weighted by Crippen LogP contribution is -2.33. The number of phenols is 1. The summed E-state index contributed by atoms with van der Waals surface area (Å²) in [7, 11) is 0. The van der Waals surface area contributed by atoms with Gasteiger partial charge in [0.2, 0.25) is 0 Å². The number of hydrogen-bond donors (Lipinski definition) is 2. The van der Waals surface area contributed by atoms with Crippen molar-refractivity contribution in [3.8, 4) is 5.75 Å². The smallest absolute Gasteiger partial charge is 0.255 e. The van der Waals surface area contributed by atoms with Gasteiger partial charge >= 0.3 is 0 Å². The Labute approximate surface area is 116 Å². The van der Waals surface area contributed by atoms with Crippen molar-refractivity contribution in [3.05, 3.63) is 29.3 Å². The standard InChI is InChI=1S/C13H17NO2S2/c1-9-3-2-4-11(12(9)15)13(16)14-7-10-8-17-5-6-18-10/h2-4,10,15H,5-8H2,1H3,(H,14,16). The minimum Gasteiger partial charge on any atom is -0.507 e. The first-order valence-corrected chi connectivity index (χ1v) is 8.15. The normalized spacial score (nSPS) is 19.5. The van der Waals surface area contributed by atoms with Gasteiger partial charge in [0.15, 0.2) is 0 Å². The van der Waals surface area contributed by atoms with Crippen LogP contribution in [0.15, 0.2) is 18.2 Å². The van der Waals surface area contributed by atoms with Gasteiger partial charge in [-0.2, -0.15) is 23.5 Å². The molecule has 1 fully saturated rings. The second-order valence-electron chi connectivity index (χ2n) is 4.25. The number of aryl methyl sites for hydroxylation is 1. The summed E-state index contributed by atoms with van der Waals surface area (Å²) in [5.74, 6) is 3.34. The topological polar surface area (TPSA) is 49.3 Å². The number of carbonyl (C=O) groups excluding carboxylic acids is 1. The molecule has 1 amide bonds. The SMILES string of the molecule is Cc1cccc(C(=O)NCC2CSCCS2)c1O. The number of phenolic OH excluding ortho intramolecular Hbond substituents is 1. The summed E-state index contributed by atoms with van der Waals surface area (Å²) < 4.78 is 0. The highest BCUT2D eigenvalue weighted by atomic mass is 32.2. The van der Waals surface area contributed by atoms with Crippen molar-refractivity contribution < 1.29 is 9.90 Å². The van der Waals surface area contributed by atoms with Crippen molar-refractivity contribution in [3.63, 3.8) is 0 Å². The molecule has 0 spiro atoms. The van der Waals surface area contributed by atoms with Crippen molar-refractivity contribution in [2.75, 3.05) is 23.8 Å². The first-order chi connectivity index (χ1) is 8.68. The Morgan fingerprint density at radius 1 is 1.50 bits per heavy atom. The summed E-state index contributed by atoms with van der Waals surface area (Å²) in [4.78, 5) is 12.0. The van der Waals surface area contributed by atoms with E-state index in [-0.39, 0.29) is 11.7 Å². The molecule has 98 valence electrons. The molecule has 0 bridgehead atoms. The maximum Gasteiger partial charge on any atom is 0.255 e. The number of para-hydroxylation sites is 1. The number of rotatable bonds is 3. The third-order valence-electron chi connectivity index (χ3n) is 2.86. The van der Waals surface area contributed by atoms with E-state index in [4.69, 9.17) is 0 Å². The third-order valence-corrected chi connectivity index (χ3v) is 5.70. The summed E-state index contributed by atoms with van der Waals surface area (Å²) in [5.41, 5.74) is 1.09. The fourth-order valence-corrected chi connectivity index (χ4v) is 4.41. The lowest BCUT2D eigenvalue weighted by molar-refractivity contribution is 0.0951. The first-order valence-electron chi connectivity index (χ1n) is 5.94. The van der Waals surface area contributed by atoms with Crippen molar-refractivity contribution in [1.82, 2.24) is 5.32 Å². The van der Waals surface area contributed by atoms with Crippen LogP contribution in [0.5, 0.6) is 5.75 Å². The van der Waals surface area contributed by atoms with Crippen LogP contribution >= 0.6 is 23.5 Å². The molecule has 1 aromatic carbocycles. The molecule has 1 saturated heterocycles. The maximum atomic E-state index is 12.0. The van der Waals surface area contributed by atoms with Crippen LogP contribution in [-0.2, 0) is 0 Å². The molecule has 1 aliphatic heterocycles. The lowest BCUT2D eigenvalue weighted by atomic mass is 10.1. The zero-order chi connectivity index (χ0) is 13.0. The van der Waals surface area contributed by atoms with Gasteiger partial charge in [-0.1, -0.05) is 12.1 Å². The molecule has 2 N–H and O–H groups in total. The summed E-state index contributed by atoms with van der Waals surface area (Å²) in [6, 6.07) is 5.23. The van der Waals surface area contributed by atoms with E-state index >= 15 is 0 Å². The van der Waals surface area contributed by atoms with Gasteiger partial charge in [0.25, 0.3) is 5.91 Å². The largest absolute Gasteiger partial charge is 0.507 e. The van der Waals surface area contributed by atoms with E-state index in [9.17, 15) is 9.90 Å². The minimum absolute atomic E-state index is 0.0840. The predicted octanol–water partition coefficient (Wildman–Crippen LogP) is 2.28. The zero-order valence-electron chi connectivity index (χ0n) is 10.3. The van der Waals surface area contributed by atoms with Gasteiger partial charge < -0.3 is 10.4 Å². The van der Waals surface area contributed by atoms with E-state index < -0.39 is 0 Å². The Morgan fingerprint density at radius 3 is 3.06 bits per heavy atom. The van der Waals surface area contributed by atoms with Crippen LogP contribution in [0.3, 0.4) is 0 Å². The zero-order valence-corrected chi connectivity index (χ0v) is 11.9. The average molecular weight is 283 g/mol. The van der Waals surface area contributed by atoms with Crippen LogP contribution in [-0.4, -0.2) is 40.1 Å². The average Bonchev–Trinajstić information content (AvgIpc) is 2.40. The minimum atomic E-state index is -0.188. The molecule has 0 radical (unpaired) electrons. The van der Waals surface area contributed by atoms with Crippen LogP contribution in [0.25, 0.3) is 0 Å². The van der Waals surface area contributed by atoms with Gasteiger partial charge in [-0.05, 0) is 18.6 Å². The van der Waals surface area contributed by atoms with E-state index in [1.54, 1.807) is 25.1 Å². The molecular formula is C13H17NO2S2. The van der Waals surface area contributed by atoms with Crippen molar-refractivity contribution in [1.29, 1.82) is 0 Å². The van der Waals surface area contributed by atoms with Crippen molar-refractivity contribution in [2.24, 2.45) is 0 Å². The van der Waals surface area contributed by atoms with E-state index in [1.807, 2.05) is 23.5 Å². The highest BCUT2D eigenvalue weighted by molar-refractivity contribution is 8.06. The number of thioether (sulfide) groups is 2. The molecule has 3 nitrogen and oxygen atoms in total. The van der Waals surface area contributed by atoms with Crippen LogP contribution in [0.2, 0.25) is 0 Å². The first kappa shape index (κ1) is 13.6. The molecule has 0 aliphatic carbocycles. The summed E-state index contributed by atoms with van der Waals surface area (Å²) in [5, 5.41) is 13.2. The predicted molar refractivity (Wildman–Crippen MR) is 78.7 cm³/mol. The summed E-state index contributed by atoms with van der Waals surface area (Å²) in [6.45, 7) is 2.46. The fourth-order valence-electron chi connectivity index (χ4n) is 1.80. The third kappa shape index (κ3) is 3.36. The monoisotopic (exact) mass is 283 g/mol. The molecule has 1 aromatic rings. The molecule has 1 unspecified atom stereocenters. The molecular weight excluding hydrogens is 266 g/mol. The number of hydrogen-bond acceptors (Lipinski definition) is 4. The second kappa shape index (κ2) is 6.38.